The Labute approximate surface area is 171 Å². The van der Waals surface area contributed by atoms with Gasteiger partial charge in [-0.05, 0) is 54.8 Å². The van der Waals surface area contributed by atoms with Gasteiger partial charge in [0.15, 0.2) is 0 Å². The van der Waals surface area contributed by atoms with Crippen LogP contribution in [0.2, 0.25) is 0 Å². The Morgan fingerprint density at radius 2 is 2.04 bits per heavy atom. The van der Waals surface area contributed by atoms with Gasteiger partial charge in [-0.15, -0.1) is 12.4 Å². The molecule has 2 aromatic rings. The van der Waals surface area contributed by atoms with E-state index in [4.69, 9.17) is 10.5 Å². The number of nitrogens with one attached hydrogen (secondary N) is 1. The van der Waals surface area contributed by atoms with E-state index in [0.29, 0.717) is 38.0 Å². The van der Waals surface area contributed by atoms with Crippen LogP contribution in [0, 0.1) is 0 Å². The summed E-state index contributed by atoms with van der Waals surface area (Å²) in [5, 5.41) is 2.88. The standard InChI is InChI=1S/C21H25N3O3.ClH/c1-27-18-5-2-4-15(12-18)13-21(26)24-11-9-16-7-8-17(14-19(16)24)23-20(25)6-3-10-22;/h2,4-5,7-8,12,14H,3,6,9-11,13,22H2,1H3,(H,23,25);1H. The number of benzene rings is 2. The van der Waals surface area contributed by atoms with Gasteiger partial charge >= 0.3 is 0 Å². The molecule has 7 heteroatoms. The average Bonchev–Trinajstić information content (AvgIpc) is 3.10. The number of nitrogens with two attached hydrogens (primary N) is 1. The summed E-state index contributed by atoms with van der Waals surface area (Å²) in [6, 6.07) is 13.3. The fraction of sp³-hybridized carbons (Fsp3) is 0.333. The number of hydrogen-bond donors (Lipinski definition) is 2. The Bertz CT molecular complexity index is 841. The molecule has 1 aliphatic heterocycles. The van der Waals surface area contributed by atoms with Crippen LogP contribution in [0.1, 0.15) is 24.0 Å². The summed E-state index contributed by atoms with van der Waals surface area (Å²) < 4.78 is 5.23. The van der Waals surface area contributed by atoms with Crippen LogP contribution in [0.5, 0.6) is 5.75 Å². The van der Waals surface area contributed by atoms with Gasteiger partial charge in [-0.2, -0.15) is 0 Å². The van der Waals surface area contributed by atoms with E-state index in [9.17, 15) is 9.59 Å². The average molecular weight is 404 g/mol. The van der Waals surface area contributed by atoms with Crippen molar-refractivity contribution in [3.63, 3.8) is 0 Å². The molecule has 2 aromatic carbocycles. The van der Waals surface area contributed by atoms with Crippen LogP contribution < -0.4 is 20.7 Å². The van der Waals surface area contributed by atoms with Gasteiger partial charge in [0.1, 0.15) is 5.75 Å². The monoisotopic (exact) mass is 403 g/mol. The summed E-state index contributed by atoms with van der Waals surface area (Å²) in [4.78, 5) is 26.6. The van der Waals surface area contributed by atoms with E-state index in [1.165, 1.54) is 0 Å². The number of methoxy groups -OCH3 is 1. The van der Waals surface area contributed by atoms with Crippen LogP contribution >= 0.6 is 12.4 Å². The van der Waals surface area contributed by atoms with E-state index in [1.54, 1.807) is 12.0 Å². The lowest BCUT2D eigenvalue weighted by Gasteiger charge is -2.18. The second-order valence-corrected chi connectivity index (χ2v) is 6.61. The SMILES string of the molecule is COc1cccc(CC(=O)N2CCc3ccc(NC(=O)CCCN)cc32)c1.Cl. The summed E-state index contributed by atoms with van der Waals surface area (Å²) in [5.41, 5.74) is 9.06. The molecule has 0 spiro atoms. The first-order valence-corrected chi connectivity index (χ1v) is 9.17. The van der Waals surface area contributed by atoms with E-state index in [-0.39, 0.29) is 24.2 Å². The molecule has 0 saturated carbocycles. The fourth-order valence-corrected chi connectivity index (χ4v) is 3.25. The lowest BCUT2D eigenvalue weighted by molar-refractivity contribution is -0.118. The second-order valence-electron chi connectivity index (χ2n) is 6.61. The first kappa shape index (κ1) is 21.7. The van der Waals surface area contributed by atoms with Gasteiger partial charge in [0, 0.05) is 24.3 Å². The molecule has 3 rings (SSSR count). The molecular formula is C21H26ClN3O3. The molecule has 0 fully saturated rings. The van der Waals surface area contributed by atoms with E-state index in [2.05, 4.69) is 5.32 Å². The zero-order valence-electron chi connectivity index (χ0n) is 15.9. The minimum absolute atomic E-state index is 0. The number of halogens is 1. The number of nitrogens with zero attached hydrogens (tertiary/aromatic N) is 1. The lowest BCUT2D eigenvalue weighted by atomic mass is 10.1. The Morgan fingerprint density at radius 3 is 2.79 bits per heavy atom. The van der Waals surface area contributed by atoms with E-state index in [0.717, 1.165) is 29.0 Å². The third kappa shape index (κ3) is 5.24. The van der Waals surface area contributed by atoms with Crippen molar-refractivity contribution in [3.05, 3.63) is 53.6 Å². The molecule has 6 nitrogen and oxygen atoms in total. The Kier molecular flexibility index (Phi) is 7.84. The van der Waals surface area contributed by atoms with Crippen molar-refractivity contribution in [1.29, 1.82) is 0 Å². The number of ether oxygens (including phenoxy) is 1. The van der Waals surface area contributed by atoms with E-state index < -0.39 is 0 Å². The first-order chi connectivity index (χ1) is 13.1. The topological polar surface area (TPSA) is 84.7 Å². The summed E-state index contributed by atoms with van der Waals surface area (Å²) in [6.07, 6.45) is 2.18. The van der Waals surface area contributed by atoms with Crippen molar-refractivity contribution in [2.45, 2.75) is 25.7 Å². The Hall–Kier alpha value is -2.57. The van der Waals surface area contributed by atoms with Crippen LogP contribution in [0.25, 0.3) is 0 Å². The van der Waals surface area contributed by atoms with Crippen molar-refractivity contribution >= 4 is 35.6 Å². The molecule has 0 atom stereocenters. The normalized spacial score (nSPS) is 12.1. The van der Waals surface area contributed by atoms with Gasteiger partial charge in [0.05, 0.1) is 13.5 Å². The number of anilines is 2. The highest BCUT2D eigenvalue weighted by atomic mass is 35.5. The van der Waals surface area contributed by atoms with Crippen molar-refractivity contribution in [3.8, 4) is 5.75 Å². The predicted molar refractivity (Wildman–Crippen MR) is 113 cm³/mol. The predicted octanol–water partition coefficient (Wildman–Crippen LogP) is 2.93. The first-order valence-electron chi connectivity index (χ1n) is 9.17. The molecule has 2 amide bonds. The summed E-state index contributed by atoms with van der Waals surface area (Å²) in [7, 11) is 1.61. The maximum atomic E-state index is 12.8. The van der Waals surface area contributed by atoms with Crippen LogP contribution in [0.15, 0.2) is 42.5 Å². The highest BCUT2D eigenvalue weighted by Crippen LogP contribution is 2.31. The molecule has 0 radical (unpaired) electrons. The number of hydrogen-bond acceptors (Lipinski definition) is 4. The molecule has 3 N–H and O–H groups in total. The van der Waals surface area contributed by atoms with Crippen LogP contribution in [0.4, 0.5) is 11.4 Å². The maximum absolute atomic E-state index is 12.8. The summed E-state index contributed by atoms with van der Waals surface area (Å²) in [6.45, 7) is 1.15. The molecular weight excluding hydrogens is 378 g/mol. The molecule has 150 valence electrons. The largest absolute Gasteiger partial charge is 0.497 e. The zero-order chi connectivity index (χ0) is 19.2. The van der Waals surface area contributed by atoms with Crippen molar-refractivity contribution in [1.82, 2.24) is 0 Å². The smallest absolute Gasteiger partial charge is 0.231 e. The number of rotatable bonds is 7. The second kappa shape index (κ2) is 10.1. The number of carbonyl (C=O) groups excluding carboxylic acids is 2. The maximum Gasteiger partial charge on any atom is 0.231 e. The van der Waals surface area contributed by atoms with Crippen molar-refractivity contribution < 1.29 is 14.3 Å². The van der Waals surface area contributed by atoms with Crippen molar-refractivity contribution in [2.24, 2.45) is 5.73 Å². The van der Waals surface area contributed by atoms with Crippen LogP contribution in [0.3, 0.4) is 0 Å². The van der Waals surface area contributed by atoms with Gasteiger partial charge < -0.3 is 20.7 Å². The molecule has 0 saturated heterocycles. The third-order valence-corrected chi connectivity index (χ3v) is 4.66. The number of amides is 2. The minimum atomic E-state index is -0.0624. The molecule has 0 unspecified atom stereocenters. The van der Waals surface area contributed by atoms with Gasteiger partial charge in [-0.25, -0.2) is 0 Å². The highest BCUT2D eigenvalue weighted by molar-refractivity contribution is 5.98. The minimum Gasteiger partial charge on any atom is -0.497 e. The quantitative estimate of drug-likeness (QED) is 0.744. The fourth-order valence-electron chi connectivity index (χ4n) is 3.25. The number of carbonyl (C=O) groups is 2. The highest BCUT2D eigenvalue weighted by Gasteiger charge is 2.25. The van der Waals surface area contributed by atoms with Gasteiger partial charge in [-0.3, -0.25) is 9.59 Å². The molecule has 0 aromatic heterocycles. The van der Waals surface area contributed by atoms with Gasteiger partial charge in [0.2, 0.25) is 11.8 Å². The van der Waals surface area contributed by atoms with Crippen LogP contribution in [-0.4, -0.2) is 32.0 Å². The Balaban J connectivity index is 0.00000280. The molecule has 1 aliphatic rings. The van der Waals surface area contributed by atoms with E-state index in [1.807, 2.05) is 42.5 Å². The molecule has 1 heterocycles. The lowest BCUT2D eigenvalue weighted by Crippen LogP contribution is -2.30. The number of fused-ring (bicyclic) bond motifs is 1. The van der Waals surface area contributed by atoms with E-state index >= 15 is 0 Å². The third-order valence-electron chi connectivity index (χ3n) is 4.66. The van der Waals surface area contributed by atoms with Crippen LogP contribution in [-0.2, 0) is 22.4 Å². The molecule has 28 heavy (non-hydrogen) atoms. The van der Waals surface area contributed by atoms with Gasteiger partial charge in [0.25, 0.3) is 0 Å². The molecule has 0 bridgehead atoms. The zero-order valence-corrected chi connectivity index (χ0v) is 16.8. The van der Waals surface area contributed by atoms with Crippen molar-refractivity contribution in [2.75, 3.05) is 30.4 Å². The summed E-state index contributed by atoms with van der Waals surface area (Å²) >= 11 is 0. The molecule has 0 aliphatic carbocycles. The summed E-state index contributed by atoms with van der Waals surface area (Å²) in [5.74, 6) is 0.714. The Morgan fingerprint density at radius 1 is 1.21 bits per heavy atom. The van der Waals surface area contributed by atoms with Gasteiger partial charge in [-0.1, -0.05) is 18.2 Å².